The van der Waals surface area contributed by atoms with Crippen molar-refractivity contribution in [2.45, 2.75) is 0 Å². The number of hydrogen-bond acceptors (Lipinski definition) is 6. The van der Waals surface area contributed by atoms with Gasteiger partial charge in [0.2, 0.25) is 5.91 Å². The van der Waals surface area contributed by atoms with Crippen LogP contribution in [0.25, 0.3) is 12.2 Å². The Bertz CT molecular complexity index is 1380. The zero-order chi connectivity index (χ0) is 25.6. The number of nitrogens with one attached hydrogen (secondary N) is 2. The van der Waals surface area contributed by atoms with Gasteiger partial charge in [-0.1, -0.05) is 30.3 Å². The lowest BCUT2D eigenvalue weighted by molar-refractivity contribution is -0.115. The number of ether oxygens (including phenoxy) is 3. The van der Waals surface area contributed by atoms with Gasteiger partial charge in [-0.15, -0.1) is 0 Å². The Hall–Kier alpha value is -4.56. The van der Waals surface area contributed by atoms with Gasteiger partial charge in [0.15, 0.2) is 11.5 Å². The Labute approximate surface area is 215 Å². The van der Waals surface area contributed by atoms with Gasteiger partial charge in [0, 0.05) is 24.7 Å². The molecular weight excluding hydrogens is 470 g/mol. The monoisotopic (exact) mass is 497 g/mol. The quantitative estimate of drug-likeness (QED) is 0.486. The van der Waals surface area contributed by atoms with E-state index >= 15 is 0 Å². The summed E-state index contributed by atoms with van der Waals surface area (Å²) in [5.74, 6) is 0.694. The number of benzene rings is 3. The lowest BCUT2D eigenvalue weighted by Crippen LogP contribution is -2.36. The van der Waals surface area contributed by atoms with Crippen LogP contribution in [0.2, 0.25) is 0 Å². The van der Waals surface area contributed by atoms with E-state index in [-0.39, 0.29) is 17.6 Å². The third kappa shape index (κ3) is 5.65. The van der Waals surface area contributed by atoms with Crippen LogP contribution in [0.1, 0.15) is 11.1 Å². The molecule has 8 nitrogen and oxygen atoms in total. The molecule has 2 aliphatic heterocycles. The van der Waals surface area contributed by atoms with Crippen LogP contribution >= 0.6 is 0 Å². The van der Waals surface area contributed by atoms with E-state index in [1.807, 2.05) is 48.5 Å². The van der Waals surface area contributed by atoms with Crippen LogP contribution in [0.4, 0.5) is 17.1 Å². The van der Waals surface area contributed by atoms with E-state index < -0.39 is 0 Å². The van der Waals surface area contributed by atoms with Crippen LogP contribution in [0.3, 0.4) is 0 Å². The Morgan fingerprint density at radius 3 is 2.68 bits per heavy atom. The van der Waals surface area contributed by atoms with Crippen LogP contribution in [0.5, 0.6) is 11.5 Å². The summed E-state index contributed by atoms with van der Waals surface area (Å²) < 4.78 is 16.7. The van der Waals surface area contributed by atoms with E-state index in [1.54, 1.807) is 37.5 Å². The van der Waals surface area contributed by atoms with Crippen molar-refractivity contribution in [3.63, 3.8) is 0 Å². The Kier molecular flexibility index (Phi) is 7.19. The van der Waals surface area contributed by atoms with Crippen molar-refractivity contribution < 1.29 is 23.8 Å². The van der Waals surface area contributed by atoms with Crippen molar-refractivity contribution in [3.05, 3.63) is 89.7 Å². The molecular formula is C29H27N3O5. The summed E-state index contributed by atoms with van der Waals surface area (Å²) in [6.45, 7) is 2.88. The molecule has 0 spiro atoms. The maximum atomic E-state index is 12.8. The number of methoxy groups -OCH3 is 1. The second-order valence-corrected chi connectivity index (χ2v) is 8.50. The van der Waals surface area contributed by atoms with Crippen LogP contribution in [-0.4, -0.2) is 45.2 Å². The average Bonchev–Trinajstić information content (AvgIpc) is 2.93. The predicted molar refractivity (Wildman–Crippen MR) is 144 cm³/mol. The topological polar surface area (TPSA) is 89.1 Å². The fraction of sp³-hybridized carbons (Fsp3) is 0.172. The number of para-hydroxylation sites is 4. The zero-order valence-electron chi connectivity index (χ0n) is 20.4. The Morgan fingerprint density at radius 1 is 1.05 bits per heavy atom. The third-order valence-corrected chi connectivity index (χ3v) is 6.06. The van der Waals surface area contributed by atoms with Crippen LogP contribution < -0.4 is 25.0 Å². The van der Waals surface area contributed by atoms with Crippen LogP contribution in [0, 0.1) is 0 Å². The summed E-state index contributed by atoms with van der Waals surface area (Å²) in [5, 5.41) is 5.80. The first kappa shape index (κ1) is 24.1. The Balaban J connectivity index is 1.33. The van der Waals surface area contributed by atoms with E-state index in [1.165, 1.54) is 6.08 Å². The predicted octanol–water partition coefficient (Wildman–Crippen LogP) is 4.56. The van der Waals surface area contributed by atoms with Crippen molar-refractivity contribution >= 4 is 41.0 Å². The molecule has 1 saturated heterocycles. The first-order valence-corrected chi connectivity index (χ1v) is 12.0. The Morgan fingerprint density at radius 2 is 1.84 bits per heavy atom. The van der Waals surface area contributed by atoms with Gasteiger partial charge in [0.05, 0.1) is 37.4 Å². The number of nitrogens with zero attached hydrogens (tertiary/aromatic N) is 1. The molecule has 2 N–H and O–H groups in total. The average molecular weight is 498 g/mol. The number of morpholine rings is 1. The zero-order valence-corrected chi connectivity index (χ0v) is 20.4. The molecule has 0 aliphatic carbocycles. The molecule has 0 bridgehead atoms. The summed E-state index contributed by atoms with van der Waals surface area (Å²) in [6.07, 6.45) is 4.82. The SMILES string of the molecule is COc1ccc(/C=C/C(=O)Nc2ccccc2N2CCOCC2)cc1/C=C1\Oc2ccccc2NC1=O. The van der Waals surface area contributed by atoms with Crippen molar-refractivity contribution in [1.29, 1.82) is 0 Å². The van der Waals surface area contributed by atoms with Gasteiger partial charge < -0.3 is 29.7 Å². The third-order valence-electron chi connectivity index (χ3n) is 6.06. The molecule has 37 heavy (non-hydrogen) atoms. The second kappa shape index (κ2) is 11.0. The van der Waals surface area contributed by atoms with E-state index in [4.69, 9.17) is 14.2 Å². The lowest BCUT2D eigenvalue weighted by atomic mass is 10.1. The molecule has 2 aliphatic rings. The molecule has 0 atom stereocenters. The minimum absolute atomic E-state index is 0.149. The minimum atomic E-state index is -0.347. The summed E-state index contributed by atoms with van der Waals surface area (Å²) in [5.41, 5.74) is 3.75. The highest BCUT2D eigenvalue weighted by atomic mass is 16.5. The number of carbonyl (C=O) groups is 2. The molecule has 0 unspecified atom stereocenters. The molecule has 8 heteroatoms. The van der Waals surface area contributed by atoms with Crippen molar-refractivity contribution in [3.8, 4) is 11.5 Å². The number of hydrogen-bond donors (Lipinski definition) is 2. The van der Waals surface area contributed by atoms with Gasteiger partial charge >= 0.3 is 0 Å². The number of carbonyl (C=O) groups excluding carboxylic acids is 2. The van der Waals surface area contributed by atoms with Crippen molar-refractivity contribution in [2.24, 2.45) is 0 Å². The molecule has 3 aromatic carbocycles. The number of anilines is 3. The maximum absolute atomic E-state index is 12.8. The van der Waals surface area contributed by atoms with E-state index in [0.717, 1.165) is 30.0 Å². The summed E-state index contributed by atoms with van der Waals surface area (Å²) in [4.78, 5) is 27.5. The van der Waals surface area contributed by atoms with Gasteiger partial charge in [-0.2, -0.15) is 0 Å². The number of rotatable bonds is 6. The van der Waals surface area contributed by atoms with E-state index in [9.17, 15) is 9.59 Å². The molecule has 1 fully saturated rings. The van der Waals surface area contributed by atoms with E-state index in [2.05, 4.69) is 15.5 Å². The first-order chi connectivity index (χ1) is 18.1. The van der Waals surface area contributed by atoms with Gasteiger partial charge in [-0.3, -0.25) is 9.59 Å². The fourth-order valence-electron chi connectivity index (χ4n) is 4.22. The molecule has 3 aromatic rings. The second-order valence-electron chi connectivity index (χ2n) is 8.50. The summed E-state index contributed by atoms with van der Waals surface area (Å²) in [7, 11) is 1.56. The van der Waals surface area contributed by atoms with Crippen LogP contribution in [-0.2, 0) is 14.3 Å². The highest BCUT2D eigenvalue weighted by molar-refractivity contribution is 6.08. The largest absolute Gasteiger partial charge is 0.496 e. The highest BCUT2D eigenvalue weighted by Gasteiger charge is 2.22. The standard InChI is InChI=1S/C29H27N3O5/c1-35-25-12-10-20(18-21(25)19-27-29(34)31-23-7-3-5-9-26(23)37-27)11-13-28(33)30-22-6-2-4-8-24(22)32-14-16-36-17-15-32/h2-13,18-19H,14-17H2,1H3,(H,30,33)(H,31,34)/b13-11+,27-19-. The van der Waals surface area contributed by atoms with Gasteiger partial charge in [0.25, 0.3) is 5.91 Å². The van der Waals surface area contributed by atoms with Crippen LogP contribution in [0.15, 0.2) is 78.6 Å². The van der Waals surface area contributed by atoms with E-state index in [0.29, 0.717) is 36.0 Å². The van der Waals surface area contributed by atoms with Crippen molar-refractivity contribution in [2.75, 3.05) is 48.9 Å². The molecule has 0 saturated carbocycles. The normalized spacial score (nSPS) is 16.2. The lowest BCUT2D eigenvalue weighted by Gasteiger charge is -2.30. The summed E-state index contributed by atoms with van der Waals surface area (Å²) in [6, 6.07) is 20.4. The smallest absolute Gasteiger partial charge is 0.291 e. The molecule has 188 valence electrons. The molecule has 0 radical (unpaired) electrons. The van der Waals surface area contributed by atoms with Gasteiger partial charge in [-0.05, 0) is 54.1 Å². The van der Waals surface area contributed by atoms with Crippen molar-refractivity contribution in [1.82, 2.24) is 0 Å². The number of amides is 2. The molecule has 2 heterocycles. The first-order valence-electron chi connectivity index (χ1n) is 12.0. The molecule has 5 rings (SSSR count). The van der Waals surface area contributed by atoms with Gasteiger partial charge in [-0.25, -0.2) is 0 Å². The van der Waals surface area contributed by atoms with Gasteiger partial charge in [0.1, 0.15) is 5.75 Å². The maximum Gasteiger partial charge on any atom is 0.291 e. The number of fused-ring (bicyclic) bond motifs is 1. The fourth-order valence-corrected chi connectivity index (χ4v) is 4.22. The summed E-state index contributed by atoms with van der Waals surface area (Å²) >= 11 is 0. The molecule has 0 aromatic heterocycles. The molecule has 2 amide bonds. The highest BCUT2D eigenvalue weighted by Crippen LogP contribution is 2.32. The minimum Gasteiger partial charge on any atom is -0.496 e.